The van der Waals surface area contributed by atoms with Crippen LogP contribution in [0.2, 0.25) is 5.02 Å². The van der Waals surface area contributed by atoms with E-state index in [9.17, 15) is 9.59 Å². The fourth-order valence-corrected chi connectivity index (χ4v) is 3.13. The van der Waals surface area contributed by atoms with Crippen LogP contribution in [-0.2, 0) is 18.3 Å². The minimum absolute atomic E-state index is 0.0734. The molecule has 1 aliphatic rings. The van der Waals surface area contributed by atoms with Crippen molar-refractivity contribution in [1.82, 2.24) is 14.4 Å². The maximum Gasteiger partial charge on any atom is 0.255 e. The lowest BCUT2D eigenvalue weighted by Gasteiger charge is -2.35. The molecule has 1 saturated heterocycles. The van der Waals surface area contributed by atoms with E-state index in [2.05, 4.69) is 0 Å². The molecule has 0 bridgehead atoms. The van der Waals surface area contributed by atoms with Crippen LogP contribution in [0.3, 0.4) is 0 Å². The molecule has 126 valence electrons. The Morgan fingerprint density at radius 3 is 2.33 bits per heavy atom. The van der Waals surface area contributed by atoms with Gasteiger partial charge in [-0.05, 0) is 23.8 Å². The molecule has 1 fully saturated rings. The van der Waals surface area contributed by atoms with Crippen LogP contribution in [0, 0.1) is 0 Å². The van der Waals surface area contributed by atoms with E-state index in [1.165, 1.54) is 0 Å². The van der Waals surface area contributed by atoms with Crippen LogP contribution in [0.15, 0.2) is 42.7 Å². The van der Waals surface area contributed by atoms with E-state index >= 15 is 0 Å². The van der Waals surface area contributed by atoms with Crippen molar-refractivity contribution >= 4 is 23.4 Å². The highest BCUT2D eigenvalue weighted by Gasteiger charge is 2.25. The zero-order valence-corrected chi connectivity index (χ0v) is 14.4. The van der Waals surface area contributed by atoms with E-state index < -0.39 is 0 Å². The molecule has 6 heteroatoms. The Labute approximate surface area is 146 Å². The zero-order valence-electron chi connectivity index (χ0n) is 13.6. The zero-order chi connectivity index (χ0) is 17.1. The summed E-state index contributed by atoms with van der Waals surface area (Å²) in [6, 6.07) is 9.01. The predicted molar refractivity (Wildman–Crippen MR) is 93.1 cm³/mol. The molecule has 2 aromatic rings. The normalized spacial score (nSPS) is 14.8. The lowest BCUT2D eigenvalue weighted by Crippen LogP contribution is -2.51. The summed E-state index contributed by atoms with van der Waals surface area (Å²) < 4.78 is 1.93. The third-order valence-corrected chi connectivity index (χ3v) is 4.60. The first kappa shape index (κ1) is 16.6. The average molecular weight is 346 g/mol. The third kappa shape index (κ3) is 3.62. The van der Waals surface area contributed by atoms with E-state index in [1.807, 2.05) is 35.0 Å². The van der Waals surface area contributed by atoms with Crippen molar-refractivity contribution in [3.05, 3.63) is 58.9 Å². The number of nitrogens with zero attached hydrogens (tertiary/aromatic N) is 3. The van der Waals surface area contributed by atoms with Crippen LogP contribution in [0.25, 0.3) is 0 Å². The van der Waals surface area contributed by atoms with Crippen LogP contribution in [-0.4, -0.2) is 52.4 Å². The molecule has 0 unspecified atom stereocenters. The van der Waals surface area contributed by atoms with Gasteiger partial charge in [0.2, 0.25) is 5.91 Å². The highest BCUT2D eigenvalue weighted by molar-refractivity contribution is 6.33. The second kappa shape index (κ2) is 7.09. The molecule has 1 aromatic heterocycles. The van der Waals surface area contributed by atoms with Crippen molar-refractivity contribution in [1.29, 1.82) is 0 Å². The average Bonchev–Trinajstić information content (AvgIpc) is 2.99. The Hall–Kier alpha value is -2.27. The van der Waals surface area contributed by atoms with Crippen LogP contribution in [0.4, 0.5) is 0 Å². The molecule has 0 N–H and O–H groups in total. The van der Waals surface area contributed by atoms with Crippen molar-refractivity contribution < 1.29 is 9.59 Å². The summed E-state index contributed by atoms with van der Waals surface area (Å²) >= 11 is 6.10. The summed E-state index contributed by atoms with van der Waals surface area (Å²) in [5.41, 5.74) is 1.53. The molecule has 2 heterocycles. The highest BCUT2D eigenvalue weighted by Crippen LogP contribution is 2.18. The maximum atomic E-state index is 12.5. The van der Waals surface area contributed by atoms with E-state index in [4.69, 9.17) is 11.6 Å². The van der Waals surface area contributed by atoms with Crippen LogP contribution >= 0.6 is 11.6 Å². The third-order valence-electron chi connectivity index (χ3n) is 4.27. The Kier molecular flexibility index (Phi) is 4.90. The van der Waals surface area contributed by atoms with Gasteiger partial charge in [-0.15, -0.1) is 0 Å². The first-order valence-electron chi connectivity index (χ1n) is 7.97. The van der Waals surface area contributed by atoms with Gasteiger partial charge in [-0.2, -0.15) is 0 Å². The molecule has 5 nitrogen and oxygen atoms in total. The lowest BCUT2D eigenvalue weighted by atomic mass is 10.1. The summed E-state index contributed by atoms with van der Waals surface area (Å²) in [5.74, 6) is 0.0294. The summed E-state index contributed by atoms with van der Waals surface area (Å²) in [5, 5.41) is 0.463. The van der Waals surface area contributed by atoms with Gasteiger partial charge in [-0.25, -0.2) is 0 Å². The number of amides is 2. The first-order valence-corrected chi connectivity index (χ1v) is 8.35. The molecule has 24 heavy (non-hydrogen) atoms. The van der Waals surface area contributed by atoms with Gasteiger partial charge in [0.15, 0.2) is 0 Å². The number of rotatable bonds is 3. The first-order chi connectivity index (χ1) is 11.5. The fraction of sp³-hybridized carbons (Fsp3) is 0.333. The van der Waals surface area contributed by atoms with Crippen LogP contribution in [0.5, 0.6) is 0 Å². The van der Waals surface area contributed by atoms with Crippen molar-refractivity contribution in [2.24, 2.45) is 7.05 Å². The number of piperazine rings is 1. The van der Waals surface area contributed by atoms with E-state index in [1.54, 1.807) is 29.2 Å². The molecule has 1 aromatic carbocycles. The number of hydrogen-bond acceptors (Lipinski definition) is 2. The van der Waals surface area contributed by atoms with E-state index in [-0.39, 0.29) is 11.8 Å². The van der Waals surface area contributed by atoms with E-state index in [0.29, 0.717) is 43.2 Å². The van der Waals surface area contributed by atoms with Crippen LogP contribution in [0.1, 0.15) is 15.9 Å². The number of benzene rings is 1. The molecule has 2 amide bonds. The second-order valence-corrected chi connectivity index (χ2v) is 6.42. The van der Waals surface area contributed by atoms with Gasteiger partial charge in [0, 0.05) is 45.6 Å². The number of aryl methyl sites for hydroxylation is 1. The van der Waals surface area contributed by atoms with Gasteiger partial charge in [-0.1, -0.05) is 23.7 Å². The SMILES string of the molecule is Cn1ccc(CC(=O)N2CCN(C(=O)c3ccccc3Cl)CC2)c1. The number of aromatic nitrogens is 1. The summed E-state index contributed by atoms with van der Waals surface area (Å²) in [6.45, 7) is 2.18. The monoisotopic (exact) mass is 345 g/mol. The molecule has 3 rings (SSSR count). The van der Waals surface area contributed by atoms with Crippen molar-refractivity contribution in [3.63, 3.8) is 0 Å². The van der Waals surface area contributed by atoms with Gasteiger partial charge in [0.1, 0.15) is 0 Å². The van der Waals surface area contributed by atoms with Gasteiger partial charge < -0.3 is 14.4 Å². The summed E-state index contributed by atoms with van der Waals surface area (Å²) in [7, 11) is 1.94. The number of hydrogen-bond donors (Lipinski definition) is 0. The van der Waals surface area contributed by atoms with Crippen molar-refractivity contribution in [2.45, 2.75) is 6.42 Å². The van der Waals surface area contributed by atoms with Gasteiger partial charge in [0.25, 0.3) is 5.91 Å². The molecule has 0 spiro atoms. The van der Waals surface area contributed by atoms with Gasteiger partial charge >= 0.3 is 0 Å². The highest BCUT2D eigenvalue weighted by atomic mass is 35.5. The van der Waals surface area contributed by atoms with Crippen molar-refractivity contribution in [2.75, 3.05) is 26.2 Å². The Morgan fingerprint density at radius 2 is 1.71 bits per heavy atom. The standard InChI is InChI=1S/C18H20ClN3O2/c1-20-7-6-14(13-20)12-17(23)21-8-10-22(11-9-21)18(24)15-4-2-3-5-16(15)19/h2-7,13H,8-12H2,1H3. The minimum Gasteiger partial charge on any atom is -0.357 e. The molecule has 0 atom stereocenters. The summed E-state index contributed by atoms with van der Waals surface area (Å²) in [6.07, 6.45) is 4.29. The molecule has 0 radical (unpaired) electrons. The Bertz CT molecular complexity index is 748. The topological polar surface area (TPSA) is 45.6 Å². The molecule has 1 aliphatic heterocycles. The van der Waals surface area contributed by atoms with Gasteiger partial charge in [-0.3, -0.25) is 9.59 Å². The quantitative estimate of drug-likeness (QED) is 0.856. The maximum absolute atomic E-state index is 12.5. The Balaban J connectivity index is 1.56. The van der Waals surface area contributed by atoms with Crippen molar-refractivity contribution in [3.8, 4) is 0 Å². The second-order valence-electron chi connectivity index (χ2n) is 6.01. The fourth-order valence-electron chi connectivity index (χ4n) is 2.92. The minimum atomic E-state index is -0.0734. The summed E-state index contributed by atoms with van der Waals surface area (Å²) in [4.78, 5) is 28.5. The molecule has 0 aliphatic carbocycles. The van der Waals surface area contributed by atoms with Crippen LogP contribution < -0.4 is 0 Å². The molecular formula is C18H20ClN3O2. The van der Waals surface area contributed by atoms with Gasteiger partial charge in [0.05, 0.1) is 17.0 Å². The smallest absolute Gasteiger partial charge is 0.255 e. The molecular weight excluding hydrogens is 326 g/mol. The molecule has 0 saturated carbocycles. The lowest BCUT2D eigenvalue weighted by molar-refractivity contribution is -0.131. The largest absolute Gasteiger partial charge is 0.357 e. The van der Waals surface area contributed by atoms with E-state index in [0.717, 1.165) is 5.56 Å². The number of carbonyl (C=O) groups is 2. The number of halogens is 1. The number of carbonyl (C=O) groups excluding carboxylic acids is 2. The predicted octanol–water partition coefficient (Wildman–Crippen LogP) is 2.21. The Morgan fingerprint density at radius 1 is 1.04 bits per heavy atom.